The molecular weight excluding hydrogens is 570 g/mol. The molecular formula is C25H29F3IN5O. The highest BCUT2D eigenvalue weighted by Crippen LogP contribution is 2.21. The monoisotopic (exact) mass is 599 g/mol. The number of aromatic nitrogens is 2. The van der Waals surface area contributed by atoms with E-state index in [-0.39, 0.29) is 6.54 Å². The molecule has 35 heavy (non-hydrogen) atoms. The van der Waals surface area contributed by atoms with Crippen molar-refractivity contribution in [1.82, 2.24) is 15.1 Å². The van der Waals surface area contributed by atoms with E-state index in [1.807, 2.05) is 34.6 Å². The summed E-state index contributed by atoms with van der Waals surface area (Å²) in [5.74, 6) is 0.448. The number of anilines is 1. The second-order valence-corrected chi connectivity index (χ2v) is 8.85. The molecule has 0 unspecified atom stereocenters. The van der Waals surface area contributed by atoms with Gasteiger partial charge < -0.3 is 13.7 Å². The fourth-order valence-electron chi connectivity index (χ4n) is 3.49. The number of aliphatic imine (C=N–C) groups is 1. The number of nitrogens with zero attached hydrogens (tertiary/aromatic N) is 2. The molecule has 0 amide bonds. The lowest BCUT2D eigenvalue weighted by atomic mass is 10.1. The predicted octanol–water partition coefficient (Wildman–Crippen LogP) is 6.38. The molecule has 0 spiro atoms. The van der Waals surface area contributed by atoms with Gasteiger partial charge in [0.05, 0.1) is 36.4 Å². The van der Waals surface area contributed by atoms with Crippen molar-refractivity contribution >= 4 is 34.9 Å². The number of aryl methyl sites for hydroxylation is 2. The number of H-pyrrole nitrogens is 1. The minimum Gasteiger partial charge on any atom is -0.341 e. The minimum absolute atomic E-state index is 0.143. The van der Waals surface area contributed by atoms with E-state index in [0.717, 1.165) is 47.8 Å². The van der Waals surface area contributed by atoms with E-state index in [0.29, 0.717) is 5.82 Å². The lowest BCUT2D eigenvalue weighted by Gasteiger charge is -2.21. The number of rotatable bonds is 12. The van der Waals surface area contributed by atoms with Gasteiger partial charge in [0.2, 0.25) is 0 Å². The van der Waals surface area contributed by atoms with Crippen LogP contribution in [0, 0.1) is 13.8 Å². The summed E-state index contributed by atoms with van der Waals surface area (Å²) in [5.41, 5.74) is 6.98. The Morgan fingerprint density at radius 1 is 1.17 bits per heavy atom. The van der Waals surface area contributed by atoms with Crippen molar-refractivity contribution in [1.29, 1.82) is 0 Å². The molecule has 0 bridgehead atoms. The molecule has 0 fully saturated rings. The van der Waals surface area contributed by atoms with Gasteiger partial charge in [-0.15, -0.1) is 0 Å². The second kappa shape index (κ2) is 12.4. The smallest absolute Gasteiger partial charge is 0.341 e. The van der Waals surface area contributed by atoms with Gasteiger partial charge in [0.15, 0.2) is 0 Å². The normalized spacial score (nSPS) is 11.9. The molecule has 0 aliphatic rings. The predicted molar refractivity (Wildman–Crippen MR) is 142 cm³/mol. The first-order valence-corrected chi connectivity index (χ1v) is 12.0. The van der Waals surface area contributed by atoms with Gasteiger partial charge in [-0.25, -0.2) is 4.99 Å². The van der Waals surface area contributed by atoms with Gasteiger partial charge in [-0.3, -0.25) is 9.78 Å². The fraction of sp³-hybridized carbons (Fsp3) is 0.320. The Labute approximate surface area is 217 Å². The van der Waals surface area contributed by atoms with Gasteiger partial charge in [0.1, 0.15) is 28.8 Å². The number of benzene rings is 2. The Hall–Kier alpha value is -2.57. The third kappa shape index (κ3) is 8.25. The number of alkyl halides is 3. The average molecular weight is 599 g/mol. The summed E-state index contributed by atoms with van der Waals surface area (Å²) in [4.78, 5) is 4.38. The SMILES string of the molecule is C=C(/N=C\c1[nH]n(-c2cc(CCCOI)ccc2C)c1C)Nc1ccc(CNCC(F)(F)F)cc1. The van der Waals surface area contributed by atoms with Crippen molar-refractivity contribution in [3.8, 4) is 5.69 Å². The maximum Gasteiger partial charge on any atom is 0.401 e. The number of hydrogen-bond donors (Lipinski definition) is 3. The molecule has 2 aromatic carbocycles. The molecule has 0 radical (unpaired) electrons. The van der Waals surface area contributed by atoms with E-state index in [4.69, 9.17) is 3.07 Å². The van der Waals surface area contributed by atoms with Gasteiger partial charge in [-0.1, -0.05) is 30.8 Å². The molecule has 10 heteroatoms. The topological polar surface area (TPSA) is 66.4 Å². The van der Waals surface area contributed by atoms with Crippen LogP contribution in [0.25, 0.3) is 5.69 Å². The van der Waals surface area contributed by atoms with E-state index < -0.39 is 12.7 Å². The zero-order chi connectivity index (χ0) is 25.4. The molecule has 0 aliphatic heterocycles. The molecule has 0 saturated carbocycles. The van der Waals surface area contributed by atoms with Crippen LogP contribution in [0.2, 0.25) is 0 Å². The van der Waals surface area contributed by atoms with Crippen molar-refractivity contribution in [2.45, 2.75) is 39.4 Å². The van der Waals surface area contributed by atoms with Gasteiger partial charge in [0, 0.05) is 12.2 Å². The van der Waals surface area contributed by atoms with Crippen LogP contribution < -0.4 is 10.6 Å². The fourth-order valence-corrected chi connectivity index (χ4v) is 3.81. The second-order valence-electron chi connectivity index (χ2n) is 8.23. The van der Waals surface area contributed by atoms with Crippen LogP contribution in [-0.2, 0) is 16.0 Å². The van der Waals surface area contributed by atoms with Crippen LogP contribution in [0.4, 0.5) is 18.9 Å². The number of aromatic amines is 1. The highest BCUT2D eigenvalue weighted by Gasteiger charge is 2.26. The molecule has 0 atom stereocenters. The maximum absolute atomic E-state index is 12.2. The summed E-state index contributed by atoms with van der Waals surface area (Å²) in [6, 6.07) is 13.5. The Balaban J connectivity index is 1.55. The summed E-state index contributed by atoms with van der Waals surface area (Å²) >= 11 is 1.92. The Kier molecular flexibility index (Phi) is 9.58. The summed E-state index contributed by atoms with van der Waals surface area (Å²) in [7, 11) is 0. The van der Waals surface area contributed by atoms with Crippen LogP contribution in [0.15, 0.2) is 59.9 Å². The highest BCUT2D eigenvalue weighted by molar-refractivity contribution is 14.1. The van der Waals surface area contributed by atoms with Gasteiger partial charge in [0.25, 0.3) is 0 Å². The van der Waals surface area contributed by atoms with Crippen molar-refractivity contribution in [3.05, 3.63) is 82.9 Å². The van der Waals surface area contributed by atoms with Crippen molar-refractivity contribution < 1.29 is 16.2 Å². The first-order chi connectivity index (χ1) is 16.7. The van der Waals surface area contributed by atoms with Crippen molar-refractivity contribution in [2.75, 3.05) is 18.5 Å². The van der Waals surface area contributed by atoms with E-state index in [1.54, 1.807) is 30.5 Å². The third-order valence-electron chi connectivity index (χ3n) is 5.41. The first-order valence-electron chi connectivity index (χ1n) is 11.1. The number of hydrogen-bond acceptors (Lipinski definition) is 4. The summed E-state index contributed by atoms with van der Waals surface area (Å²) in [5, 5.41) is 8.78. The molecule has 0 aliphatic carbocycles. The molecule has 0 saturated heterocycles. The molecule has 3 N–H and O–H groups in total. The average Bonchev–Trinajstić information content (AvgIpc) is 2.80. The van der Waals surface area contributed by atoms with E-state index in [9.17, 15) is 13.2 Å². The lowest BCUT2D eigenvalue weighted by Crippen LogP contribution is -2.28. The van der Waals surface area contributed by atoms with Crippen LogP contribution >= 0.6 is 23.0 Å². The number of halogens is 4. The summed E-state index contributed by atoms with van der Waals surface area (Å²) in [6.45, 7) is 7.88. The van der Waals surface area contributed by atoms with Gasteiger partial charge in [-0.2, -0.15) is 13.2 Å². The highest BCUT2D eigenvalue weighted by atomic mass is 127. The van der Waals surface area contributed by atoms with Crippen LogP contribution in [0.5, 0.6) is 0 Å². The molecule has 3 rings (SSSR count). The standard InChI is InChI=1S/C25H29F3IN5O/c1-17-6-7-20(5-4-12-35-29)13-24(17)34-18(2)23(33-34)15-31-19(3)32-22-10-8-21(9-11-22)14-30-16-25(26,27)28/h6-11,13,15,30,32-33H,3-5,12,14,16H2,1-2H3/b31-15-. The Bertz CT molecular complexity index is 1150. The largest absolute Gasteiger partial charge is 0.401 e. The van der Waals surface area contributed by atoms with E-state index in [1.165, 1.54) is 11.1 Å². The van der Waals surface area contributed by atoms with Crippen molar-refractivity contribution in [3.63, 3.8) is 0 Å². The zero-order valence-electron chi connectivity index (χ0n) is 19.7. The van der Waals surface area contributed by atoms with Crippen LogP contribution in [-0.4, -0.2) is 35.3 Å². The molecule has 6 nitrogen and oxygen atoms in total. The number of nitrogens with one attached hydrogen (secondary N) is 3. The van der Waals surface area contributed by atoms with Crippen molar-refractivity contribution in [2.24, 2.45) is 4.99 Å². The molecule has 1 aromatic heterocycles. The van der Waals surface area contributed by atoms with Crippen LogP contribution in [0.3, 0.4) is 0 Å². The minimum atomic E-state index is -4.22. The lowest BCUT2D eigenvalue weighted by molar-refractivity contribution is -0.125. The third-order valence-corrected chi connectivity index (χ3v) is 5.85. The van der Waals surface area contributed by atoms with E-state index in [2.05, 4.69) is 52.4 Å². The van der Waals surface area contributed by atoms with Crippen LogP contribution in [0.1, 0.15) is 34.5 Å². The molecule has 188 valence electrons. The Morgan fingerprint density at radius 2 is 1.89 bits per heavy atom. The van der Waals surface area contributed by atoms with Gasteiger partial charge >= 0.3 is 6.18 Å². The van der Waals surface area contributed by atoms with E-state index >= 15 is 0 Å². The molecule has 1 heterocycles. The molecule has 3 aromatic rings. The summed E-state index contributed by atoms with van der Waals surface area (Å²) < 4.78 is 43.9. The maximum atomic E-state index is 12.2. The zero-order valence-corrected chi connectivity index (χ0v) is 21.8. The van der Waals surface area contributed by atoms with Gasteiger partial charge in [-0.05, 0) is 61.6 Å². The quantitative estimate of drug-likeness (QED) is 0.129. The summed E-state index contributed by atoms with van der Waals surface area (Å²) in [6.07, 6.45) is -0.576. The Morgan fingerprint density at radius 3 is 2.54 bits per heavy atom. The first kappa shape index (κ1) is 27.0.